The summed E-state index contributed by atoms with van der Waals surface area (Å²) in [6.45, 7) is 3.77. The van der Waals surface area contributed by atoms with Crippen LogP contribution in [0.25, 0.3) is 0 Å². The molecule has 0 fully saturated rings. The highest BCUT2D eigenvalue weighted by Gasteiger charge is 2.16. The van der Waals surface area contributed by atoms with Gasteiger partial charge in [-0.1, -0.05) is 19.4 Å². The van der Waals surface area contributed by atoms with Crippen LogP contribution in [0, 0.1) is 5.82 Å². The number of hydrogen-bond donors (Lipinski definition) is 1. The van der Waals surface area contributed by atoms with E-state index in [2.05, 4.69) is 4.72 Å². The van der Waals surface area contributed by atoms with E-state index in [-0.39, 0.29) is 10.9 Å². The molecule has 16 heavy (non-hydrogen) atoms. The van der Waals surface area contributed by atoms with E-state index >= 15 is 0 Å². The van der Waals surface area contributed by atoms with Crippen LogP contribution in [-0.4, -0.2) is 14.5 Å². The Morgan fingerprint density at radius 2 is 2.12 bits per heavy atom. The zero-order valence-electron chi connectivity index (χ0n) is 9.40. The summed E-state index contributed by atoms with van der Waals surface area (Å²) in [6, 6.07) is 4.85. The molecule has 1 N–H and O–H groups in total. The SMILES string of the molecule is CCC[C@@H](C)NS(=O)(=O)c1cccc(F)c1. The number of halogens is 1. The van der Waals surface area contributed by atoms with Crippen molar-refractivity contribution in [3.05, 3.63) is 30.1 Å². The third kappa shape index (κ3) is 3.57. The Labute approximate surface area is 95.7 Å². The zero-order chi connectivity index (χ0) is 12.2. The molecule has 0 bridgehead atoms. The molecule has 1 atom stereocenters. The van der Waals surface area contributed by atoms with Gasteiger partial charge in [0.2, 0.25) is 10.0 Å². The Bertz CT molecular complexity index is 445. The topological polar surface area (TPSA) is 46.2 Å². The minimum absolute atomic E-state index is 0.0320. The molecule has 0 radical (unpaired) electrons. The van der Waals surface area contributed by atoms with Crippen molar-refractivity contribution in [3.8, 4) is 0 Å². The normalized spacial score (nSPS) is 13.7. The van der Waals surface area contributed by atoms with Gasteiger partial charge in [-0.3, -0.25) is 0 Å². The van der Waals surface area contributed by atoms with E-state index in [0.29, 0.717) is 0 Å². The second kappa shape index (κ2) is 5.41. The van der Waals surface area contributed by atoms with Crippen LogP contribution in [0.5, 0.6) is 0 Å². The van der Waals surface area contributed by atoms with E-state index in [4.69, 9.17) is 0 Å². The number of rotatable bonds is 5. The van der Waals surface area contributed by atoms with Gasteiger partial charge < -0.3 is 0 Å². The van der Waals surface area contributed by atoms with Crippen molar-refractivity contribution in [1.82, 2.24) is 4.72 Å². The summed E-state index contributed by atoms with van der Waals surface area (Å²) in [5.41, 5.74) is 0. The summed E-state index contributed by atoms with van der Waals surface area (Å²) >= 11 is 0. The first-order chi connectivity index (χ1) is 7.45. The van der Waals surface area contributed by atoms with Crippen molar-refractivity contribution < 1.29 is 12.8 Å². The number of nitrogens with one attached hydrogen (secondary N) is 1. The molecule has 0 aliphatic heterocycles. The molecule has 1 aromatic carbocycles. The van der Waals surface area contributed by atoms with Crippen LogP contribution in [0.4, 0.5) is 4.39 Å². The molecule has 0 aliphatic rings. The van der Waals surface area contributed by atoms with Crippen LogP contribution in [0.3, 0.4) is 0 Å². The van der Waals surface area contributed by atoms with Gasteiger partial charge in [-0.2, -0.15) is 0 Å². The van der Waals surface area contributed by atoms with Crippen LogP contribution < -0.4 is 4.72 Å². The monoisotopic (exact) mass is 245 g/mol. The summed E-state index contributed by atoms with van der Waals surface area (Å²) in [4.78, 5) is -0.0320. The van der Waals surface area contributed by atoms with Crippen LogP contribution in [-0.2, 0) is 10.0 Å². The Kier molecular flexibility index (Phi) is 4.44. The van der Waals surface area contributed by atoms with Gasteiger partial charge in [-0.25, -0.2) is 17.5 Å². The van der Waals surface area contributed by atoms with E-state index in [1.807, 2.05) is 6.92 Å². The molecule has 0 unspecified atom stereocenters. The second-order valence-electron chi connectivity index (χ2n) is 3.77. The minimum Gasteiger partial charge on any atom is -0.208 e. The molecule has 1 aromatic rings. The first kappa shape index (κ1) is 13.1. The van der Waals surface area contributed by atoms with Gasteiger partial charge >= 0.3 is 0 Å². The van der Waals surface area contributed by atoms with Crippen LogP contribution in [0.1, 0.15) is 26.7 Å². The van der Waals surface area contributed by atoms with Crippen LogP contribution >= 0.6 is 0 Å². The van der Waals surface area contributed by atoms with E-state index in [1.165, 1.54) is 18.2 Å². The van der Waals surface area contributed by atoms with Crippen molar-refractivity contribution in [2.75, 3.05) is 0 Å². The van der Waals surface area contributed by atoms with Crippen molar-refractivity contribution >= 4 is 10.0 Å². The van der Waals surface area contributed by atoms with Gasteiger partial charge in [0.1, 0.15) is 5.82 Å². The lowest BCUT2D eigenvalue weighted by atomic mass is 10.2. The van der Waals surface area contributed by atoms with Crippen LogP contribution in [0.2, 0.25) is 0 Å². The van der Waals surface area contributed by atoms with E-state index < -0.39 is 15.8 Å². The fourth-order valence-corrected chi connectivity index (χ4v) is 2.77. The largest absolute Gasteiger partial charge is 0.240 e. The highest BCUT2D eigenvalue weighted by atomic mass is 32.2. The smallest absolute Gasteiger partial charge is 0.208 e. The Balaban J connectivity index is 2.86. The molecule has 0 amide bonds. The lowest BCUT2D eigenvalue weighted by molar-refractivity contribution is 0.542. The molecular formula is C11H16FNO2S. The fraction of sp³-hybridized carbons (Fsp3) is 0.455. The molecular weight excluding hydrogens is 229 g/mol. The van der Waals surface area contributed by atoms with E-state index in [1.54, 1.807) is 6.92 Å². The maximum absolute atomic E-state index is 12.9. The summed E-state index contributed by atoms with van der Waals surface area (Å²) in [7, 11) is -3.59. The lowest BCUT2D eigenvalue weighted by Gasteiger charge is -2.13. The van der Waals surface area contributed by atoms with E-state index in [9.17, 15) is 12.8 Å². The van der Waals surface area contributed by atoms with E-state index in [0.717, 1.165) is 18.9 Å². The number of benzene rings is 1. The molecule has 0 aliphatic carbocycles. The molecule has 0 saturated heterocycles. The molecule has 0 heterocycles. The van der Waals surface area contributed by atoms with Gasteiger partial charge in [0, 0.05) is 6.04 Å². The Morgan fingerprint density at radius 1 is 1.44 bits per heavy atom. The molecule has 90 valence electrons. The summed E-state index contributed by atoms with van der Waals surface area (Å²) in [5, 5.41) is 0. The summed E-state index contributed by atoms with van der Waals surface area (Å²) in [6.07, 6.45) is 1.65. The van der Waals surface area contributed by atoms with Crippen molar-refractivity contribution in [2.24, 2.45) is 0 Å². The minimum atomic E-state index is -3.59. The molecule has 5 heteroatoms. The maximum Gasteiger partial charge on any atom is 0.240 e. The van der Waals surface area contributed by atoms with Crippen molar-refractivity contribution in [1.29, 1.82) is 0 Å². The summed E-state index contributed by atoms with van der Waals surface area (Å²) in [5.74, 6) is -0.550. The molecule has 3 nitrogen and oxygen atoms in total. The Morgan fingerprint density at radius 3 is 2.69 bits per heavy atom. The average Bonchev–Trinajstić information content (AvgIpc) is 2.17. The van der Waals surface area contributed by atoms with Gasteiger partial charge in [0.25, 0.3) is 0 Å². The van der Waals surface area contributed by atoms with Crippen molar-refractivity contribution in [2.45, 2.75) is 37.6 Å². The third-order valence-electron chi connectivity index (χ3n) is 2.18. The van der Waals surface area contributed by atoms with Crippen molar-refractivity contribution in [3.63, 3.8) is 0 Å². The first-order valence-corrected chi connectivity index (χ1v) is 6.72. The zero-order valence-corrected chi connectivity index (χ0v) is 10.2. The predicted octanol–water partition coefficient (Wildman–Crippen LogP) is 2.29. The quantitative estimate of drug-likeness (QED) is 0.865. The predicted molar refractivity (Wildman–Crippen MR) is 61.1 cm³/mol. The summed E-state index contributed by atoms with van der Waals surface area (Å²) < 4.78 is 39.0. The first-order valence-electron chi connectivity index (χ1n) is 5.23. The number of hydrogen-bond acceptors (Lipinski definition) is 2. The molecule has 1 rings (SSSR count). The molecule has 0 aromatic heterocycles. The lowest BCUT2D eigenvalue weighted by Crippen LogP contribution is -2.32. The van der Waals surface area contributed by atoms with Crippen LogP contribution in [0.15, 0.2) is 29.2 Å². The maximum atomic E-state index is 12.9. The van der Waals surface area contributed by atoms with Gasteiger partial charge in [-0.05, 0) is 31.5 Å². The fourth-order valence-electron chi connectivity index (χ4n) is 1.46. The third-order valence-corrected chi connectivity index (χ3v) is 3.77. The number of sulfonamides is 1. The highest BCUT2D eigenvalue weighted by Crippen LogP contribution is 2.11. The molecule has 0 saturated carbocycles. The van der Waals surface area contributed by atoms with Gasteiger partial charge in [-0.15, -0.1) is 0 Å². The van der Waals surface area contributed by atoms with Gasteiger partial charge in [0.15, 0.2) is 0 Å². The average molecular weight is 245 g/mol. The van der Waals surface area contributed by atoms with Gasteiger partial charge in [0.05, 0.1) is 4.90 Å². The highest BCUT2D eigenvalue weighted by molar-refractivity contribution is 7.89. The second-order valence-corrected chi connectivity index (χ2v) is 5.48. The Hall–Kier alpha value is -0.940. The molecule has 0 spiro atoms. The standard InChI is InChI=1S/C11H16FNO2S/c1-3-5-9(2)13-16(14,15)11-7-4-6-10(12)8-11/h4,6-9,13H,3,5H2,1-2H3/t9-/m1/s1.